The molecule has 3 fully saturated rings. The molecule has 0 radical (unpaired) electrons. The topological polar surface area (TPSA) is 57.2 Å². The van der Waals surface area contributed by atoms with E-state index < -0.39 is 0 Å². The second-order valence-electron chi connectivity index (χ2n) is 11.4. The van der Waals surface area contributed by atoms with Crippen molar-refractivity contribution in [1.29, 1.82) is 0 Å². The van der Waals surface area contributed by atoms with Crippen LogP contribution in [0.4, 0.5) is 5.82 Å². The summed E-state index contributed by atoms with van der Waals surface area (Å²) in [5.41, 5.74) is 6.50. The van der Waals surface area contributed by atoms with Crippen LogP contribution < -0.4 is 10.2 Å². The molecular weight excluding hydrogens is 492 g/mol. The third-order valence-corrected chi connectivity index (χ3v) is 8.65. The highest BCUT2D eigenvalue weighted by Gasteiger charge is 2.33. The molecule has 7 heteroatoms. The molecule has 2 atom stereocenters. The fourth-order valence-electron chi connectivity index (χ4n) is 6.40. The Morgan fingerprint density at radius 1 is 1.03 bits per heavy atom. The molecule has 1 N–H and O–H groups in total. The maximum absolute atomic E-state index is 6.91. The number of halogens is 1. The summed E-state index contributed by atoms with van der Waals surface area (Å²) in [5.74, 6) is 1.82. The fourth-order valence-corrected chi connectivity index (χ4v) is 6.66. The third kappa shape index (κ3) is 5.18. The molecule has 1 aromatic carbocycles. The Balaban J connectivity index is 0.000000390. The molecule has 5 heterocycles. The Hall–Kier alpha value is -2.54. The van der Waals surface area contributed by atoms with E-state index in [2.05, 4.69) is 60.3 Å². The maximum Gasteiger partial charge on any atom is 0.165 e. The summed E-state index contributed by atoms with van der Waals surface area (Å²) in [5, 5.41) is 5.33. The minimum absolute atomic E-state index is 0.539. The number of hydrogen-bond donors (Lipinski definition) is 1. The van der Waals surface area contributed by atoms with Gasteiger partial charge in [0.2, 0.25) is 0 Å². The Morgan fingerprint density at radius 3 is 2.47 bits per heavy atom. The van der Waals surface area contributed by atoms with E-state index in [1.807, 2.05) is 6.07 Å². The van der Waals surface area contributed by atoms with Gasteiger partial charge in [0.25, 0.3) is 0 Å². The van der Waals surface area contributed by atoms with Gasteiger partial charge in [0.15, 0.2) is 5.65 Å². The first-order valence-electron chi connectivity index (χ1n) is 14.4. The zero-order valence-corrected chi connectivity index (χ0v) is 23.7. The number of pyridine rings is 1. The van der Waals surface area contributed by atoms with Crippen LogP contribution in [0.2, 0.25) is 5.02 Å². The van der Waals surface area contributed by atoms with Gasteiger partial charge in [0.05, 0.1) is 16.1 Å². The number of aryl methyl sites for hydroxylation is 3. The number of nitrogens with zero attached hydrogens (tertiary/aromatic N) is 5. The lowest BCUT2D eigenvalue weighted by Gasteiger charge is -2.34. The van der Waals surface area contributed by atoms with Gasteiger partial charge in [-0.3, -0.25) is 0 Å². The predicted octanol–water partition coefficient (Wildman–Crippen LogP) is 5.83. The third-order valence-electron chi connectivity index (χ3n) is 8.36. The highest BCUT2D eigenvalue weighted by molar-refractivity contribution is 6.34. The summed E-state index contributed by atoms with van der Waals surface area (Å²) in [6.07, 6.45) is 12.7. The largest absolute Gasteiger partial charge is 0.353 e. The average Bonchev–Trinajstić information content (AvgIpc) is 3.54. The number of allylic oxidation sites excluding steroid dienone is 1. The van der Waals surface area contributed by atoms with Gasteiger partial charge in [-0.1, -0.05) is 42.3 Å². The van der Waals surface area contributed by atoms with Gasteiger partial charge in [0.1, 0.15) is 11.6 Å². The SMILES string of the molecule is CCc1nc(N2CC3CCC(C2)N3)c2cc(Cl)c(-c3cc(C)cc4c3C=CCC4)nc2n1.CN1CCCC1. The first-order valence-corrected chi connectivity index (χ1v) is 14.7. The quantitative estimate of drug-likeness (QED) is 0.460. The van der Waals surface area contributed by atoms with Crippen molar-refractivity contribution in [1.82, 2.24) is 25.2 Å². The zero-order chi connectivity index (χ0) is 26.2. The summed E-state index contributed by atoms with van der Waals surface area (Å²) in [4.78, 5) is 19.6. The van der Waals surface area contributed by atoms with Gasteiger partial charge in [-0.05, 0) is 88.8 Å². The average molecular weight is 531 g/mol. The fraction of sp³-hybridized carbons (Fsp3) is 0.516. The van der Waals surface area contributed by atoms with Crippen molar-refractivity contribution in [3.63, 3.8) is 0 Å². The molecule has 3 aliphatic heterocycles. The number of benzene rings is 1. The van der Waals surface area contributed by atoms with Crippen LogP contribution in [0.15, 0.2) is 24.3 Å². The number of piperazine rings is 1. The van der Waals surface area contributed by atoms with Gasteiger partial charge < -0.3 is 15.1 Å². The summed E-state index contributed by atoms with van der Waals surface area (Å²) in [6, 6.07) is 7.60. The molecule has 2 bridgehead atoms. The van der Waals surface area contributed by atoms with Crippen LogP contribution in [0.1, 0.15) is 61.5 Å². The van der Waals surface area contributed by atoms with E-state index in [4.69, 9.17) is 26.6 Å². The summed E-state index contributed by atoms with van der Waals surface area (Å²) in [7, 11) is 2.17. The Labute approximate surface area is 231 Å². The molecule has 2 unspecified atom stereocenters. The predicted molar refractivity (Wildman–Crippen MR) is 158 cm³/mol. The van der Waals surface area contributed by atoms with Crippen LogP contribution in [0.5, 0.6) is 0 Å². The lowest BCUT2D eigenvalue weighted by atomic mass is 9.90. The lowest BCUT2D eigenvalue weighted by Crippen LogP contribution is -2.51. The molecule has 6 nitrogen and oxygen atoms in total. The summed E-state index contributed by atoms with van der Waals surface area (Å²) < 4.78 is 0. The number of anilines is 1. The molecule has 7 rings (SSSR count). The van der Waals surface area contributed by atoms with Crippen molar-refractivity contribution in [2.75, 3.05) is 38.1 Å². The minimum Gasteiger partial charge on any atom is -0.353 e. The molecule has 0 amide bonds. The van der Waals surface area contributed by atoms with Gasteiger partial charge in [-0.25, -0.2) is 15.0 Å². The van der Waals surface area contributed by atoms with E-state index in [0.717, 1.165) is 66.3 Å². The first kappa shape index (κ1) is 25.7. The van der Waals surface area contributed by atoms with Crippen LogP contribution in [0, 0.1) is 6.92 Å². The van der Waals surface area contributed by atoms with E-state index >= 15 is 0 Å². The molecule has 3 aromatic rings. The Bertz CT molecular complexity index is 1350. The van der Waals surface area contributed by atoms with Gasteiger partial charge in [-0.15, -0.1) is 0 Å². The molecule has 0 saturated carbocycles. The summed E-state index contributed by atoms with van der Waals surface area (Å²) >= 11 is 6.91. The van der Waals surface area contributed by atoms with E-state index in [1.165, 1.54) is 55.5 Å². The highest BCUT2D eigenvalue weighted by Crippen LogP contribution is 2.38. The lowest BCUT2D eigenvalue weighted by molar-refractivity contribution is 0.418. The molecule has 200 valence electrons. The molecule has 3 saturated heterocycles. The normalized spacial score (nSPS) is 22.5. The molecule has 4 aliphatic rings. The van der Waals surface area contributed by atoms with Crippen molar-refractivity contribution >= 4 is 34.5 Å². The second-order valence-corrected chi connectivity index (χ2v) is 11.8. The number of likely N-dealkylation sites (tertiary alicyclic amines) is 1. The van der Waals surface area contributed by atoms with Gasteiger partial charge in [-0.2, -0.15) is 0 Å². The van der Waals surface area contributed by atoms with Gasteiger partial charge in [0, 0.05) is 37.2 Å². The molecule has 2 aromatic heterocycles. The second kappa shape index (κ2) is 10.9. The first-order chi connectivity index (χ1) is 18.5. The molecule has 1 aliphatic carbocycles. The van der Waals surface area contributed by atoms with E-state index in [0.29, 0.717) is 17.1 Å². The zero-order valence-electron chi connectivity index (χ0n) is 22.9. The van der Waals surface area contributed by atoms with Crippen molar-refractivity contribution in [2.45, 2.75) is 70.9 Å². The van der Waals surface area contributed by atoms with Crippen LogP contribution in [-0.4, -0.2) is 65.2 Å². The molecule has 38 heavy (non-hydrogen) atoms. The minimum atomic E-state index is 0.539. The van der Waals surface area contributed by atoms with E-state index in [9.17, 15) is 0 Å². The standard InChI is InChI=1S/C26H28ClN5.C5H11N/c1-3-23-29-25-21(26(30-23)32-13-17-8-9-18(14-32)28-17)12-22(27)24(31-25)20-11-15(2)10-16-6-4-5-7-19(16)20;1-6-4-2-3-5-6/h5,7,10-12,17-18,28H,3-4,6,8-9,13-14H2,1-2H3;2-5H2,1H3. The van der Waals surface area contributed by atoms with Crippen LogP contribution >= 0.6 is 11.6 Å². The van der Waals surface area contributed by atoms with Crippen molar-refractivity contribution in [3.8, 4) is 11.3 Å². The maximum atomic E-state index is 6.91. The van der Waals surface area contributed by atoms with E-state index in [1.54, 1.807) is 0 Å². The van der Waals surface area contributed by atoms with Crippen LogP contribution in [0.25, 0.3) is 28.4 Å². The van der Waals surface area contributed by atoms with Crippen molar-refractivity contribution in [2.24, 2.45) is 0 Å². The van der Waals surface area contributed by atoms with Gasteiger partial charge >= 0.3 is 0 Å². The molecular formula is C31H39ClN6. The molecule has 0 spiro atoms. The number of nitrogens with one attached hydrogen (secondary N) is 1. The van der Waals surface area contributed by atoms with Crippen LogP contribution in [0.3, 0.4) is 0 Å². The Kier molecular flexibility index (Phi) is 7.39. The van der Waals surface area contributed by atoms with E-state index in [-0.39, 0.29) is 0 Å². The van der Waals surface area contributed by atoms with Crippen LogP contribution in [-0.2, 0) is 12.8 Å². The number of fused-ring (bicyclic) bond motifs is 4. The number of rotatable bonds is 3. The summed E-state index contributed by atoms with van der Waals surface area (Å²) in [6.45, 7) is 8.83. The monoisotopic (exact) mass is 530 g/mol. The van der Waals surface area contributed by atoms with Crippen molar-refractivity contribution < 1.29 is 0 Å². The number of hydrogen-bond acceptors (Lipinski definition) is 6. The highest BCUT2D eigenvalue weighted by atomic mass is 35.5. The smallest absolute Gasteiger partial charge is 0.165 e. The van der Waals surface area contributed by atoms with Crippen molar-refractivity contribution in [3.05, 3.63) is 51.8 Å². The Morgan fingerprint density at radius 2 is 1.79 bits per heavy atom. The number of aromatic nitrogens is 3.